The summed E-state index contributed by atoms with van der Waals surface area (Å²) < 4.78 is 0. The largest absolute Gasteiger partial charge is 0.363 e. The van der Waals surface area contributed by atoms with Crippen LogP contribution in [0, 0.1) is 0 Å². The molecule has 0 atom stereocenters. The van der Waals surface area contributed by atoms with Crippen LogP contribution in [0.5, 0.6) is 0 Å². The van der Waals surface area contributed by atoms with E-state index < -0.39 is 0 Å². The van der Waals surface area contributed by atoms with Crippen LogP contribution < -0.4 is 10.6 Å². The van der Waals surface area contributed by atoms with Crippen molar-refractivity contribution in [2.24, 2.45) is 0 Å². The van der Waals surface area contributed by atoms with E-state index in [4.69, 9.17) is 0 Å². The molecule has 8 heteroatoms. The molecule has 3 aromatic heterocycles. The normalized spacial score (nSPS) is 10.6. The molecule has 0 saturated heterocycles. The van der Waals surface area contributed by atoms with Crippen LogP contribution in [0.4, 0.5) is 11.8 Å². The van der Waals surface area contributed by atoms with Gasteiger partial charge in [0.25, 0.3) is 0 Å². The summed E-state index contributed by atoms with van der Waals surface area (Å²) in [5.41, 5.74) is 0.998. The van der Waals surface area contributed by atoms with Gasteiger partial charge in [-0.25, -0.2) is 15.0 Å². The topological polar surface area (TPSA) is 75.6 Å². The standard InChI is InChI=1S/C14H16N6S2/c1-2-10-7-11(17-8-12-15-3-5-21-12)20-14(19-10)18-9-13-16-4-6-22-13/h3-7H,2,8-9H2,1H3,(H2,17,18,19,20). The molecule has 6 nitrogen and oxygen atoms in total. The quantitative estimate of drug-likeness (QED) is 0.692. The van der Waals surface area contributed by atoms with Crippen LogP contribution in [0.1, 0.15) is 22.6 Å². The van der Waals surface area contributed by atoms with Gasteiger partial charge in [-0.2, -0.15) is 4.98 Å². The molecule has 0 fully saturated rings. The van der Waals surface area contributed by atoms with Crippen molar-refractivity contribution in [1.82, 2.24) is 19.9 Å². The molecule has 0 spiro atoms. The van der Waals surface area contributed by atoms with Crippen LogP contribution in [0.15, 0.2) is 29.2 Å². The smallest absolute Gasteiger partial charge is 0.225 e. The molecule has 0 aliphatic rings. The maximum atomic E-state index is 4.50. The summed E-state index contributed by atoms with van der Waals surface area (Å²) in [6, 6.07) is 1.97. The maximum absolute atomic E-state index is 4.50. The first-order valence-electron chi connectivity index (χ1n) is 6.96. The maximum Gasteiger partial charge on any atom is 0.225 e. The average Bonchev–Trinajstić information content (AvgIpc) is 3.24. The second kappa shape index (κ2) is 7.28. The lowest BCUT2D eigenvalue weighted by Gasteiger charge is -2.09. The summed E-state index contributed by atoms with van der Waals surface area (Å²) in [5.74, 6) is 1.43. The Labute approximate surface area is 136 Å². The van der Waals surface area contributed by atoms with Crippen molar-refractivity contribution in [3.05, 3.63) is 44.9 Å². The Hall–Kier alpha value is -2.06. The Balaban J connectivity index is 1.68. The molecule has 0 bridgehead atoms. The molecular formula is C14H16N6S2. The van der Waals surface area contributed by atoms with E-state index in [1.807, 2.05) is 16.8 Å². The zero-order valence-electron chi connectivity index (χ0n) is 12.1. The van der Waals surface area contributed by atoms with Crippen molar-refractivity contribution >= 4 is 34.4 Å². The van der Waals surface area contributed by atoms with Gasteiger partial charge in [0, 0.05) is 34.9 Å². The highest BCUT2D eigenvalue weighted by atomic mass is 32.1. The number of rotatable bonds is 7. The Bertz CT molecular complexity index is 640. The summed E-state index contributed by atoms with van der Waals surface area (Å²) in [6.45, 7) is 3.39. The number of nitrogens with one attached hydrogen (secondary N) is 2. The molecule has 0 aromatic carbocycles. The number of aromatic nitrogens is 4. The lowest BCUT2D eigenvalue weighted by atomic mass is 10.3. The molecule has 0 unspecified atom stereocenters. The molecule has 22 heavy (non-hydrogen) atoms. The van der Waals surface area contributed by atoms with E-state index in [-0.39, 0.29) is 0 Å². The summed E-state index contributed by atoms with van der Waals surface area (Å²) >= 11 is 3.24. The third-order valence-electron chi connectivity index (χ3n) is 2.93. The van der Waals surface area contributed by atoms with Crippen LogP contribution in [0.25, 0.3) is 0 Å². The Morgan fingerprint density at radius 1 is 0.955 bits per heavy atom. The summed E-state index contributed by atoms with van der Waals surface area (Å²) in [4.78, 5) is 17.5. The Morgan fingerprint density at radius 2 is 1.64 bits per heavy atom. The summed E-state index contributed by atoms with van der Waals surface area (Å²) in [7, 11) is 0. The van der Waals surface area contributed by atoms with E-state index in [1.54, 1.807) is 35.1 Å². The number of anilines is 2. The third kappa shape index (κ3) is 3.99. The summed E-state index contributed by atoms with van der Waals surface area (Å²) in [5, 5.41) is 12.5. The number of nitrogens with zero attached hydrogens (tertiary/aromatic N) is 4. The van der Waals surface area contributed by atoms with Crippen LogP contribution in [0.3, 0.4) is 0 Å². The van der Waals surface area contributed by atoms with Crippen molar-refractivity contribution in [2.75, 3.05) is 10.6 Å². The van der Waals surface area contributed by atoms with Gasteiger partial charge in [-0.05, 0) is 6.42 Å². The number of hydrogen-bond donors (Lipinski definition) is 2. The van der Waals surface area contributed by atoms with Crippen molar-refractivity contribution in [1.29, 1.82) is 0 Å². The molecule has 3 rings (SSSR count). The van der Waals surface area contributed by atoms with Gasteiger partial charge in [-0.3, -0.25) is 0 Å². The van der Waals surface area contributed by atoms with Gasteiger partial charge >= 0.3 is 0 Å². The molecule has 0 saturated carbocycles. The van der Waals surface area contributed by atoms with E-state index in [9.17, 15) is 0 Å². The van der Waals surface area contributed by atoms with Crippen LogP contribution in [-0.4, -0.2) is 19.9 Å². The van der Waals surface area contributed by atoms with Crippen LogP contribution >= 0.6 is 22.7 Å². The second-order valence-corrected chi connectivity index (χ2v) is 6.44. The van der Waals surface area contributed by atoms with Gasteiger partial charge in [-0.1, -0.05) is 6.92 Å². The van der Waals surface area contributed by atoms with Gasteiger partial charge in [-0.15, -0.1) is 22.7 Å². The predicted octanol–water partition coefficient (Wildman–Crippen LogP) is 3.18. The van der Waals surface area contributed by atoms with Crippen LogP contribution in [0.2, 0.25) is 0 Å². The van der Waals surface area contributed by atoms with E-state index in [1.165, 1.54) is 0 Å². The van der Waals surface area contributed by atoms with Gasteiger partial charge in [0.1, 0.15) is 15.8 Å². The first-order chi connectivity index (χ1) is 10.8. The van der Waals surface area contributed by atoms with E-state index in [0.29, 0.717) is 19.0 Å². The van der Waals surface area contributed by atoms with E-state index in [2.05, 4.69) is 37.5 Å². The molecule has 114 valence electrons. The zero-order chi connectivity index (χ0) is 15.2. The molecule has 0 aliphatic heterocycles. The lowest BCUT2D eigenvalue weighted by molar-refractivity contribution is 0.961. The number of hydrogen-bond acceptors (Lipinski definition) is 8. The van der Waals surface area contributed by atoms with Crippen molar-refractivity contribution < 1.29 is 0 Å². The second-order valence-electron chi connectivity index (χ2n) is 4.48. The highest BCUT2D eigenvalue weighted by molar-refractivity contribution is 7.09. The molecule has 0 radical (unpaired) electrons. The average molecular weight is 332 g/mol. The minimum Gasteiger partial charge on any atom is -0.363 e. The molecule has 3 aromatic rings. The highest BCUT2D eigenvalue weighted by Gasteiger charge is 2.05. The van der Waals surface area contributed by atoms with Crippen molar-refractivity contribution in [3.63, 3.8) is 0 Å². The Morgan fingerprint density at radius 3 is 2.23 bits per heavy atom. The molecule has 0 amide bonds. The first-order valence-corrected chi connectivity index (χ1v) is 8.72. The highest BCUT2D eigenvalue weighted by Crippen LogP contribution is 2.14. The van der Waals surface area contributed by atoms with Gasteiger partial charge in [0.2, 0.25) is 5.95 Å². The molecule has 0 aliphatic carbocycles. The monoisotopic (exact) mass is 332 g/mol. The predicted molar refractivity (Wildman–Crippen MR) is 90.3 cm³/mol. The van der Waals surface area contributed by atoms with Crippen molar-refractivity contribution in [2.45, 2.75) is 26.4 Å². The minimum atomic E-state index is 0.621. The number of aryl methyl sites for hydroxylation is 1. The van der Waals surface area contributed by atoms with Gasteiger partial charge in [0.05, 0.1) is 13.1 Å². The molecular weight excluding hydrogens is 316 g/mol. The fraction of sp³-hybridized carbons (Fsp3) is 0.286. The number of thiazole rings is 2. The molecule has 3 heterocycles. The fourth-order valence-electron chi connectivity index (χ4n) is 1.85. The molecule has 2 N–H and O–H groups in total. The zero-order valence-corrected chi connectivity index (χ0v) is 13.7. The van der Waals surface area contributed by atoms with Gasteiger partial charge in [0.15, 0.2) is 0 Å². The van der Waals surface area contributed by atoms with Crippen LogP contribution in [-0.2, 0) is 19.5 Å². The van der Waals surface area contributed by atoms with E-state index in [0.717, 1.165) is 27.9 Å². The third-order valence-corrected chi connectivity index (χ3v) is 4.49. The SMILES string of the molecule is CCc1cc(NCc2nccs2)nc(NCc2nccs2)n1. The van der Waals surface area contributed by atoms with Gasteiger partial charge < -0.3 is 10.6 Å². The lowest BCUT2D eigenvalue weighted by Crippen LogP contribution is -2.08. The first kappa shape index (κ1) is 14.9. The minimum absolute atomic E-state index is 0.621. The fourth-order valence-corrected chi connectivity index (χ4v) is 2.96. The Kier molecular flexibility index (Phi) is 4.92. The summed E-state index contributed by atoms with van der Waals surface area (Å²) in [6.07, 6.45) is 4.46. The van der Waals surface area contributed by atoms with E-state index >= 15 is 0 Å². The van der Waals surface area contributed by atoms with Crippen molar-refractivity contribution in [3.8, 4) is 0 Å².